The summed E-state index contributed by atoms with van der Waals surface area (Å²) < 4.78 is 0. The standard InChI is InChI=1S/C9H14N4O/c1-6(7-2-3-7)11-9(14)12-8-4-5-10-13-8/h4-7H,2-3H2,1H3,(H3,10,11,12,13,14)/t6-/m0/s1. The van der Waals surface area contributed by atoms with Crippen LogP contribution in [0.25, 0.3) is 0 Å². The predicted octanol–water partition coefficient (Wildman–Crippen LogP) is 1.33. The summed E-state index contributed by atoms with van der Waals surface area (Å²) in [5, 5.41) is 11.9. The number of aromatic nitrogens is 2. The van der Waals surface area contributed by atoms with Crippen LogP contribution in [0.3, 0.4) is 0 Å². The molecule has 0 aliphatic heterocycles. The van der Waals surface area contributed by atoms with Crippen LogP contribution in [0.15, 0.2) is 12.3 Å². The molecule has 1 saturated carbocycles. The highest BCUT2D eigenvalue weighted by atomic mass is 16.2. The summed E-state index contributed by atoms with van der Waals surface area (Å²) in [7, 11) is 0. The number of hydrogen-bond acceptors (Lipinski definition) is 2. The molecule has 0 spiro atoms. The topological polar surface area (TPSA) is 69.8 Å². The Hall–Kier alpha value is -1.52. The van der Waals surface area contributed by atoms with Gasteiger partial charge in [-0.3, -0.25) is 10.4 Å². The largest absolute Gasteiger partial charge is 0.335 e. The fourth-order valence-corrected chi connectivity index (χ4v) is 1.40. The molecule has 1 atom stereocenters. The van der Waals surface area contributed by atoms with E-state index in [9.17, 15) is 4.79 Å². The van der Waals surface area contributed by atoms with Crippen molar-refractivity contribution in [3.8, 4) is 0 Å². The second kappa shape index (κ2) is 3.69. The molecule has 3 N–H and O–H groups in total. The van der Waals surface area contributed by atoms with Crippen LogP contribution in [0.4, 0.5) is 10.6 Å². The fraction of sp³-hybridized carbons (Fsp3) is 0.556. The minimum Gasteiger partial charge on any atom is -0.335 e. The van der Waals surface area contributed by atoms with Crippen molar-refractivity contribution >= 4 is 11.8 Å². The lowest BCUT2D eigenvalue weighted by Gasteiger charge is -2.12. The van der Waals surface area contributed by atoms with E-state index in [1.165, 1.54) is 12.8 Å². The zero-order chi connectivity index (χ0) is 9.97. The van der Waals surface area contributed by atoms with Gasteiger partial charge in [0.2, 0.25) is 0 Å². The molecule has 5 heteroatoms. The Balaban J connectivity index is 1.78. The van der Waals surface area contributed by atoms with Crippen LogP contribution in [-0.2, 0) is 0 Å². The smallest absolute Gasteiger partial charge is 0.320 e. The van der Waals surface area contributed by atoms with E-state index in [4.69, 9.17) is 0 Å². The highest BCUT2D eigenvalue weighted by Gasteiger charge is 2.28. The maximum absolute atomic E-state index is 11.4. The van der Waals surface area contributed by atoms with E-state index in [-0.39, 0.29) is 12.1 Å². The van der Waals surface area contributed by atoms with Crippen LogP contribution in [0.5, 0.6) is 0 Å². The highest BCUT2D eigenvalue weighted by Crippen LogP contribution is 2.32. The lowest BCUT2D eigenvalue weighted by molar-refractivity contribution is 0.248. The summed E-state index contributed by atoms with van der Waals surface area (Å²) in [6.07, 6.45) is 4.05. The number of anilines is 1. The summed E-state index contributed by atoms with van der Waals surface area (Å²) in [4.78, 5) is 11.4. The molecule has 1 aliphatic rings. The number of urea groups is 1. The first-order valence-corrected chi connectivity index (χ1v) is 4.82. The lowest BCUT2D eigenvalue weighted by atomic mass is 10.2. The van der Waals surface area contributed by atoms with Gasteiger partial charge in [-0.1, -0.05) is 0 Å². The molecule has 1 aliphatic carbocycles. The van der Waals surface area contributed by atoms with Crippen molar-refractivity contribution < 1.29 is 4.79 Å². The number of carbonyl (C=O) groups excluding carboxylic acids is 1. The minimum absolute atomic E-state index is 0.173. The zero-order valence-electron chi connectivity index (χ0n) is 8.08. The van der Waals surface area contributed by atoms with Gasteiger partial charge in [-0.25, -0.2) is 4.79 Å². The summed E-state index contributed by atoms with van der Waals surface area (Å²) >= 11 is 0. The van der Waals surface area contributed by atoms with Gasteiger partial charge in [0.25, 0.3) is 0 Å². The van der Waals surface area contributed by atoms with Crippen molar-refractivity contribution in [2.45, 2.75) is 25.8 Å². The molecular formula is C9H14N4O. The lowest BCUT2D eigenvalue weighted by Crippen LogP contribution is -2.37. The van der Waals surface area contributed by atoms with Gasteiger partial charge < -0.3 is 5.32 Å². The molecule has 0 saturated heterocycles. The first kappa shape index (κ1) is 9.05. The molecule has 5 nitrogen and oxygen atoms in total. The van der Waals surface area contributed by atoms with Crippen molar-refractivity contribution in [3.05, 3.63) is 12.3 Å². The third-order valence-corrected chi connectivity index (χ3v) is 2.44. The van der Waals surface area contributed by atoms with Crippen LogP contribution in [0.1, 0.15) is 19.8 Å². The van der Waals surface area contributed by atoms with E-state index in [1.54, 1.807) is 12.3 Å². The number of nitrogens with zero attached hydrogens (tertiary/aromatic N) is 1. The van der Waals surface area contributed by atoms with Crippen LogP contribution < -0.4 is 10.6 Å². The quantitative estimate of drug-likeness (QED) is 0.679. The molecule has 0 unspecified atom stereocenters. The Morgan fingerprint density at radius 1 is 1.71 bits per heavy atom. The van der Waals surface area contributed by atoms with Gasteiger partial charge in [0.05, 0.1) is 6.20 Å². The van der Waals surface area contributed by atoms with Gasteiger partial charge in [-0.15, -0.1) is 0 Å². The maximum Gasteiger partial charge on any atom is 0.320 e. The van der Waals surface area contributed by atoms with E-state index in [0.29, 0.717) is 11.7 Å². The Bertz CT molecular complexity index is 305. The van der Waals surface area contributed by atoms with Crippen molar-refractivity contribution in [2.75, 3.05) is 5.32 Å². The second-order valence-corrected chi connectivity index (χ2v) is 3.69. The van der Waals surface area contributed by atoms with Crippen molar-refractivity contribution in [3.63, 3.8) is 0 Å². The van der Waals surface area contributed by atoms with Crippen LogP contribution >= 0.6 is 0 Å². The maximum atomic E-state index is 11.4. The third kappa shape index (κ3) is 2.25. The van der Waals surface area contributed by atoms with Gasteiger partial charge in [-0.05, 0) is 25.7 Å². The third-order valence-electron chi connectivity index (χ3n) is 2.44. The highest BCUT2D eigenvalue weighted by molar-refractivity contribution is 5.88. The molecule has 2 amide bonds. The summed E-state index contributed by atoms with van der Waals surface area (Å²) in [5.41, 5.74) is 0. The molecular weight excluding hydrogens is 180 g/mol. The molecule has 1 fully saturated rings. The zero-order valence-corrected chi connectivity index (χ0v) is 8.08. The SMILES string of the molecule is C[C@H](NC(=O)Nc1ccn[nH]1)C1CC1. The Labute approximate surface area is 82.3 Å². The van der Waals surface area contributed by atoms with Crippen molar-refractivity contribution in [1.82, 2.24) is 15.5 Å². The van der Waals surface area contributed by atoms with Crippen molar-refractivity contribution in [1.29, 1.82) is 0 Å². The number of H-pyrrole nitrogens is 1. The van der Waals surface area contributed by atoms with E-state index in [2.05, 4.69) is 20.8 Å². The summed E-state index contributed by atoms with van der Waals surface area (Å²) in [6, 6.07) is 1.80. The molecule has 0 radical (unpaired) electrons. The van der Waals surface area contributed by atoms with Gasteiger partial charge >= 0.3 is 6.03 Å². The number of nitrogens with one attached hydrogen (secondary N) is 3. The number of rotatable bonds is 3. The van der Waals surface area contributed by atoms with Gasteiger partial charge in [-0.2, -0.15) is 5.10 Å². The second-order valence-electron chi connectivity index (χ2n) is 3.69. The monoisotopic (exact) mass is 194 g/mol. The summed E-state index contributed by atoms with van der Waals surface area (Å²) in [5.74, 6) is 1.29. The molecule has 2 rings (SSSR count). The first-order valence-electron chi connectivity index (χ1n) is 4.82. The molecule has 14 heavy (non-hydrogen) atoms. The van der Waals surface area contributed by atoms with Gasteiger partial charge in [0, 0.05) is 12.1 Å². The molecule has 0 bridgehead atoms. The predicted molar refractivity (Wildman–Crippen MR) is 52.9 cm³/mol. The van der Waals surface area contributed by atoms with E-state index >= 15 is 0 Å². The fourth-order valence-electron chi connectivity index (χ4n) is 1.40. The minimum atomic E-state index is -0.173. The average Bonchev–Trinajstić information content (AvgIpc) is 2.87. The Morgan fingerprint density at radius 3 is 3.07 bits per heavy atom. The molecule has 0 aromatic carbocycles. The van der Waals surface area contributed by atoms with Gasteiger partial charge in [0.15, 0.2) is 0 Å². The van der Waals surface area contributed by atoms with E-state index in [0.717, 1.165) is 0 Å². The molecule has 1 heterocycles. The van der Waals surface area contributed by atoms with Crippen LogP contribution in [-0.4, -0.2) is 22.3 Å². The van der Waals surface area contributed by atoms with E-state index < -0.39 is 0 Å². The normalized spacial score (nSPS) is 17.5. The van der Waals surface area contributed by atoms with Crippen molar-refractivity contribution in [2.24, 2.45) is 5.92 Å². The number of amides is 2. The summed E-state index contributed by atoms with van der Waals surface area (Å²) in [6.45, 7) is 2.03. The number of hydrogen-bond donors (Lipinski definition) is 3. The molecule has 1 aromatic rings. The first-order chi connectivity index (χ1) is 6.75. The van der Waals surface area contributed by atoms with Crippen LogP contribution in [0, 0.1) is 5.92 Å². The van der Waals surface area contributed by atoms with E-state index in [1.807, 2.05) is 6.92 Å². The Kier molecular flexibility index (Phi) is 2.39. The number of carbonyl (C=O) groups is 1. The number of aromatic amines is 1. The molecule has 76 valence electrons. The molecule has 1 aromatic heterocycles. The van der Waals surface area contributed by atoms with Gasteiger partial charge in [0.1, 0.15) is 5.82 Å². The Morgan fingerprint density at radius 2 is 2.50 bits per heavy atom. The van der Waals surface area contributed by atoms with Crippen LogP contribution in [0.2, 0.25) is 0 Å². The average molecular weight is 194 g/mol.